The van der Waals surface area contributed by atoms with E-state index < -0.39 is 0 Å². The van der Waals surface area contributed by atoms with E-state index in [0.717, 1.165) is 11.1 Å². The predicted octanol–water partition coefficient (Wildman–Crippen LogP) is 3.05. The third kappa shape index (κ3) is 2.51. The summed E-state index contributed by atoms with van der Waals surface area (Å²) < 4.78 is 0. The van der Waals surface area contributed by atoms with Gasteiger partial charge in [-0.05, 0) is 24.3 Å². The first-order chi connectivity index (χ1) is 10.2. The Balaban J connectivity index is 2.26. The maximum atomic E-state index is 9.10. The maximum Gasteiger partial charge on any atom is 0.121 e. The number of aliphatic imine (C=N–C) groups is 2. The molecule has 102 valence electrons. The van der Waals surface area contributed by atoms with Crippen molar-refractivity contribution in [2.45, 2.75) is 0 Å². The van der Waals surface area contributed by atoms with E-state index in [4.69, 9.17) is 22.6 Å². The van der Waals surface area contributed by atoms with E-state index in [0.29, 0.717) is 34.4 Å². The molecule has 2 aromatic rings. The van der Waals surface area contributed by atoms with Crippen LogP contribution in [0.5, 0.6) is 0 Å². The van der Waals surface area contributed by atoms with Crippen LogP contribution in [0.4, 0.5) is 5.69 Å². The molecule has 0 amide bonds. The highest BCUT2D eigenvalue weighted by atomic mass is 35.5. The fourth-order valence-electron chi connectivity index (χ4n) is 2.21. The molecular weight excluding hydrogens is 284 g/mol. The molecule has 0 saturated heterocycles. The Bertz CT molecular complexity index is 815. The third-order valence-corrected chi connectivity index (χ3v) is 3.50. The average Bonchev–Trinajstić information content (AvgIpc) is 2.65. The Kier molecular flexibility index (Phi) is 3.43. The minimum Gasteiger partial charge on any atom is -0.386 e. The molecule has 2 N–H and O–H groups in total. The largest absolute Gasteiger partial charge is 0.386 e. The van der Waals surface area contributed by atoms with Crippen molar-refractivity contribution in [1.82, 2.24) is 0 Å². The van der Waals surface area contributed by atoms with Crippen molar-refractivity contribution in [1.29, 1.82) is 5.26 Å². The van der Waals surface area contributed by atoms with E-state index in [9.17, 15) is 0 Å². The SMILES string of the molecule is N#Cc1ccc2c(c1)C(c1ccccc1Cl)=NCC(N)=N2. The molecule has 0 fully saturated rings. The molecule has 1 aliphatic rings. The number of nitrogens with zero attached hydrogens (tertiary/aromatic N) is 3. The first-order valence-corrected chi connectivity index (χ1v) is 6.74. The van der Waals surface area contributed by atoms with Gasteiger partial charge in [-0.2, -0.15) is 5.26 Å². The minimum atomic E-state index is 0.303. The van der Waals surface area contributed by atoms with Crippen LogP contribution in [0, 0.1) is 11.3 Å². The van der Waals surface area contributed by atoms with Crippen molar-refractivity contribution in [3.8, 4) is 6.07 Å². The molecule has 0 unspecified atom stereocenters. The lowest BCUT2D eigenvalue weighted by Crippen LogP contribution is -2.14. The lowest BCUT2D eigenvalue weighted by Gasteiger charge is -2.10. The van der Waals surface area contributed by atoms with Crippen LogP contribution in [-0.4, -0.2) is 18.1 Å². The molecule has 0 saturated carbocycles. The second-order valence-corrected chi connectivity index (χ2v) is 5.00. The molecule has 3 rings (SSSR count). The molecule has 4 nitrogen and oxygen atoms in total. The van der Waals surface area contributed by atoms with E-state index in [-0.39, 0.29) is 0 Å². The quantitative estimate of drug-likeness (QED) is 0.877. The summed E-state index contributed by atoms with van der Waals surface area (Å²) in [7, 11) is 0. The van der Waals surface area contributed by atoms with Crippen LogP contribution in [-0.2, 0) is 0 Å². The van der Waals surface area contributed by atoms with Crippen molar-refractivity contribution < 1.29 is 0 Å². The Morgan fingerprint density at radius 3 is 2.71 bits per heavy atom. The van der Waals surface area contributed by atoms with Crippen LogP contribution >= 0.6 is 11.6 Å². The Morgan fingerprint density at radius 1 is 1.14 bits per heavy atom. The minimum absolute atomic E-state index is 0.303. The van der Waals surface area contributed by atoms with E-state index >= 15 is 0 Å². The van der Waals surface area contributed by atoms with E-state index in [2.05, 4.69) is 16.1 Å². The number of nitrogens with two attached hydrogens (primary N) is 1. The number of hydrogen-bond acceptors (Lipinski definition) is 4. The molecule has 1 aliphatic heterocycles. The molecule has 1 heterocycles. The molecule has 0 aliphatic carbocycles. The predicted molar refractivity (Wildman–Crippen MR) is 84.4 cm³/mol. The Hall–Kier alpha value is -2.64. The van der Waals surface area contributed by atoms with Crippen molar-refractivity contribution >= 4 is 28.8 Å². The van der Waals surface area contributed by atoms with Crippen molar-refractivity contribution in [2.24, 2.45) is 15.7 Å². The highest BCUT2D eigenvalue weighted by Crippen LogP contribution is 2.28. The van der Waals surface area contributed by atoms with Gasteiger partial charge in [-0.1, -0.05) is 29.8 Å². The van der Waals surface area contributed by atoms with E-state index in [1.165, 1.54) is 0 Å². The van der Waals surface area contributed by atoms with Gasteiger partial charge in [0.2, 0.25) is 0 Å². The second kappa shape index (κ2) is 5.39. The number of benzene rings is 2. The topological polar surface area (TPSA) is 74.5 Å². The molecule has 0 bridgehead atoms. The third-order valence-electron chi connectivity index (χ3n) is 3.17. The summed E-state index contributed by atoms with van der Waals surface area (Å²) in [6, 6.07) is 14.8. The van der Waals surface area contributed by atoms with Crippen molar-refractivity contribution in [3.63, 3.8) is 0 Å². The van der Waals surface area contributed by atoms with Crippen molar-refractivity contribution in [3.05, 3.63) is 64.2 Å². The zero-order valence-electron chi connectivity index (χ0n) is 11.0. The summed E-state index contributed by atoms with van der Waals surface area (Å²) in [5.41, 5.74) is 9.36. The van der Waals surface area contributed by atoms with Gasteiger partial charge in [-0.3, -0.25) is 4.99 Å². The second-order valence-electron chi connectivity index (χ2n) is 4.59. The molecule has 0 radical (unpaired) electrons. The number of nitriles is 1. The first kappa shape index (κ1) is 13.3. The first-order valence-electron chi connectivity index (χ1n) is 6.36. The van der Waals surface area contributed by atoms with Gasteiger partial charge in [0.1, 0.15) is 5.84 Å². The highest BCUT2D eigenvalue weighted by molar-refractivity contribution is 6.36. The van der Waals surface area contributed by atoms with Crippen LogP contribution in [0.2, 0.25) is 5.02 Å². The smallest absolute Gasteiger partial charge is 0.121 e. The Labute approximate surface area is 127 Å². The average molecular weight is 295 g/mol. The number of hydrogen-bond donors (Lipinski definition) is 1. The van der Waals surface area contributed by atoms with Crippen LogP contribution in [0.3, 0.4) is 0 Å². The van der Waals surface area contributed by atoms with Gasteiger partial charge < -0.3 is 5.73 Å². The van der Waals surface area contributed by atoms with Crippen LogP contribution in [0.15, 0.2) is 52.4 Å². The van der Waals surface area contributed by atoms with Gasteiger partial charge in [0.25, 0.3) is 0 Å². The lowest BCUT2D eigenvalue weighted by atomic mass is 9.99. The summed E-state index contributed by atoms with van der Waals surface area (Å²) >= 11 is 6.27. The molecule has 0 atom stereocenters. The summed E-state index contributed by atoms with van der Waals surface area (Å²) in [4.78, 5) is 8.87. The van der Waals surface area contributed by atoms with Gasteiger partial charge >= 0.3 is 0 Å². The molecule has 21 heavy (non-hydrogen) atoms. The zero-order valence-corrected chi connectivity index (χ0v) is 11.8. The molecular formula is C16H11ClN4. The number of amidine groups is 1. The lowest BCUT2D eigenvalue weighted by molar-refractivity contribution is 1.27. The summed E-state index contributed by atoms with van der Waals surface area (Å²) in [6.07, 6.45) is 0. The van der Waals surface area contributed by atoms with Crippen molar-refractivity contribution in [2.75, 3.05) is 6.54 Å². The van der Waals surface area contributed by atoms with Gasteiger partial charge in [-0.15, -0.1) is 0 Å². The molecule has 2 aromatic carbocycles. The summed E-state index contributed by atoms with van der Waals surface area (Å²) in [6.45, 7) is 0.303. The summed E-state index contributed by atoms with van der Waals surface area (Å²) in [5.74, 6) is 0.433. The van der Waals surface area contributed by atoms with Gasteiger partial charge in [0, 0.05) is 16.1 Å². The Morgan fingerprint density at radius 2 is 1.95 bits per heavy atom. The molecule has 0 aromatic heterocycles. The van der Waals surface area contributed by atoms with Gasteiger partial charge in [-0.25, -0.2) is 4.99 Å². The molecule has 0 spiro atoms. The fraction of sp³-hybridized carbons (Fsp3) is 0.0625. The highest BCUT2D eigenvalue weighted by Gasteiger charge is 2.17. The normalized spacial score (nSPS) is 13.5. The number of halogens is 1. The van der Waals surface area contributed by atoms with Gasteiger partial charge in [0.15, 0.2) is 0 Å². The maximum absolute atomic E-state index is 9.10. The van der Waals surface area contributed by atoms with Crippen LogP contribution < -0.4 is 5.73 Å². The number of rotatable bonds is 1. The summed E-state index contributed by atoms with van der Waals surface area (Å²) in [5, 5.41) is 9.70. The van der Waals surface area contributed by atoms with Crippen LogP contribution in [0.1, 0.15) is 16.7 Å². The van der Waals surface area contributed by atoms with Crippen LogP contribution in [0.25, 0.3) is 0 Å². The molecule has 5 heteroatoms. The van der Waals surface area contributed by atoms with E-state index in [1.807, 2.05) is 24.3 Å². The van der Waals surface area contributed by atoms with Gasteiger partial charge in [0.05, 0.1) is 29.6 Å². The standard InChI is InChI=1S/C16H11ClN4/c17-13-4-2-1-3-11(13)16-12-7-10(8-18)5-6-14(12)21-15(19)9-20-16/h1-7H,9H2,(H2,19,21). The monoisotopic (exact) mass is 294 g/mol. The zero-order chi connectivity index (χ0) is 14.8. The van der Waals surface area contributed by atoms with E-state index in [1.54, 1.807) is 18.2 Å². The fourth-order valence-corrected chi connectivity index (χ4v) is 2.44. The number of fused-ring (bicyclic) bond motifs is 1.